The summed E-state index contributed by atoms with van der Waals surface area (Å²) in [7, 11) is 0. The fraction of sp³-hybridized carbons (Fsp3) is 1.00. The standard InChI is InChI=1S/C13H24N2/c1-10-6-12(14-7-11-2-3-11)9-15(8-10)13-4-5-13/h10-14H,2-9H2,1H3. The summed E-state index contributed by atoms with van der Waals surface area (Å²) in [5.74, 6) is 1.92. The van der Waals surface area contributed by atoms with Gasteiger partial charge < -0.3 is 5.32 Å². The Labute approximate surface area is 93.4 Å². The van der Waals surface area contributed by atoms with E-state index in [2.05, 4.69) is 17.1 Å². The first kappa shape index (κ1) is 10.1. The second-order valence-corrected chi connectivity index (χ2v) is 6.07. The molecule has 0 aromatic rings. The third-order valence-electron chi connectivity index (χ3n) is 4.14. The number of nitrogens with one attached hydrogen (secondary N) is 1. The van der Waals surface area contributed by atoms with Crippen LogP contribution < -0.4 is 5.32 Å². The molecule has 3 fully saturated rings. The highest BCUT2D eigenvalue weighted by molar-refractivity contribution is 4.92. The maximum atomic E-state index is 3.78. The molecule has 0 aromatic heterocycles. The monoisotopic (exact) mass is 208 g/mol. The lowest BCUT2D eigenvalue weighted by Crippen LogP contribution is -2.49. The molecule has 86 valence electrons. The summed E-state index contributed by atoms with van der Waals surface area (Å²) in [4.78, 5) is 2.73. The minimum atomic E-state index is 0.787. The number of hydrogen-bond donors (Lipinski definition) is 1. The molecule has 3 rings (SSSR count). The Balaban J connectivity index is 1.48. The summed E-state index contributed by atoms with van der Waals surface area (Å²) >= 11 is 0. The predicted octanol–water partition coefficient (Wildman–Crippen LogP) is 1.86. The molecule has 0 amide bonds. The van der Waals surface area contributed by atoms with Gasteiger partial charge in [-0.15, -0.1) is 0 Å². The molecular formula is C13H24N2. The van der Waals surface area contributed by atoms with Gasteiger partial charge in [0.15, 0.2) is 0 Å². The van der Waals surface area contributed by atoms with Crippen molar-refractivity contribution in [2.75, 3.05) is 19.6 Å². The Morgan fingerprint density at radius 3 is 2.60 bits per heavy atom. The zero-order valence-corrected chi connectivity index (χ0v) is 9.91. The van der Waals surface area contributed by atoms with Crippen LogP contribution >= 0.6 is 0 Å². The normalized spacial score (nSPS) is 38.2. The molecule has 0 radical (unpaired) electrons. The summed E-state index contributed by atoms with van der Waals surface area (Å²) in [5, 5.41) is 3.78. The minimum Gasteiger partial charge on any atom is -0.312 e. The first-order valence-corrected chi connectivity index (χ1v) is 6.78. The van der Waals surface area contributed by atoms with Crippen LogP contribution in [-0.2, 0) is 0 Å². The van der Waals surface area contributed by atoms with Crippen molar-refractivity contribution < 1.29 is 0 Å². The van der Waals surface area contributed by atoms with E-state index < -0.39 is 0 Å². The average molecular weight is 208 g/mol. The van der Waals surface area contributed by atoms with E-state index in [9.17, 15) is 0 Å². The van der Waals surface area contributed by atoms with Crippen LogP contribution in [0.4, 0.5) is 0 Å². The highest BCUT2D eigenvalue weighted by atomic mass is 15.2. The average Bonchev–Trinajstić information content (AvgIpc) is 3.06. The van der Waals surface area contributed by atoms with Gasteiger partial charge in [0.2, 0.25) is 0 Å². The zero-order valence-electron chi connectivity index (χ0n) is 9.91. The van der Waals surface area contributed by atoms with Gasteiger partial charge in [-0.25, -0.2) is 0 Å². The summed E-state index contributed by atoms with van der Waals surface area (Å²) in [6.45, 7) is 6.38. The molecule has 2 unspecified atom stereocenters. The van der Waals surface area contributed by atoms with E-state index in [1.807, 2.05) is 0 Å². The molecule has 2 aliphatic carbocycles. The topological polar surface area (TPSA) is 15.3 Å². The van der Waals surface area contributed by atoms with Crippen LogP contribution in [0.15, 0.2) is 0 Å². The van der Waals surface area contributed by atoms with Crippen LogP contribution in [-0.4, -0.2) is 36.6 Å². The van der Waals surface area contributed by atoms with E-state index in [1.165, 1.54) is 51.7 Å². The first-order chi connectivity index (χ1) is 7.31. The Kier molecular flexibility index (Phi) is 2.73. The second-order valence-electron chi connectivity index (χ2n) is 6.07. The largest absolute Gasteiger partial charge is 0.312 e. The van der Waals surface area contributed by atoms with Crippen LogP contribution in [0.3, 0.4) is 0 Å². The third kappa shape index (κ3) is 2.73. The lowest BCUT2D eigenvalue weighted by molar-refractivity contribution is 0.141. The van der Waals surface area contributed by atoms with Crippen LogP contribution in [0.1, 0.15) is 39.0 Å². The van der Waals surface area contributed by atoms with Crippen LogP contribution in [0, 0.1) is 11.8 Å². The van der Waals surface area contributed by atoms with Crippen molar-refractivity contribution in [1.82, 2.24) is 10.2 Å². The molecule has 3 aliphatic rings. The van der Waals surface area contributed by atoms with Crippen molar-refractivity contribution >= 4 is 0 Å². The van der Waals surface area contributed by atoms with Crippen molar-refractivity contribution in [3.63, 3.8) is 0 Å². The summed E-state index contributed by atoms with van der Waals surface area (Å²) in [6.07, 6.45) is 7.27. The van der Waals surface area contributed by atoms with Gasteiger partial charge in [0.25, 0.3) is 0 Å². The van der Waals surface area contributed by atoms with Crippen LogP contribution in [0.5, 0.6) is 0 Å². The van der Waals surface area contributed by atoms with Crippen molar-refractivity contribution in [3.8, 4) is 0 Å². The maximum Gasteiger partial charge on any atom is 0.0198 e. The number of nitrogens with zero attached hydrogens (tertiary/aromatic N) is 1. The Bertz CT molecular complexity index is 221. The molecule has 2 atom stereocenters. The van der Waals surface area contributed by atoms with Crippen LogP contribution in [0.25, 0.3) is 0 Å². The molecule has 2 saturated carbocycles. The van der Waals surface area contributed by atoms with E-state index >= 15 is 0 Å². The summed E-state index contributed by atoms with van der Waals surface area (Å²) in [6, 6.07) is 1.74. The molecule has 2 heteroatoms. The SMILES string of the molecule is CC1CC(NCC2CC2)CN(C2CC2)C1. The van der Waals surface area contributed by atoms with E-state index in [-0.39, 0.29) is 0 Å². The Hall–Kier alpha value is -0.0800. The molecule has 0 spiro atoms. The van der Waals surface area contributed by atoms with Crippen molar-refractivity contribution in [2.45, 2.75) is 51.1 Å². The number of piperidine rings is 1. The lowest BCUT2D eigenvalue weighted by Gasteiger charge is -2.37. The summed E-state index contributed by atoms with van der Waals surface area (Å²) < 4.78 is 0. The van der Waals surface area contributed by atoms with Gasteiger partial charge in [-0.2, -0.15) is 0 Å². The predicted molar refractivity (Wildman–Crippen MR) is 62.9 cm³/mol. The molecule has 0 aromatic carbocycles. The molecule has 0 bridgehead atoms. The first-order valence-electron chi connectivity index (χ1n) is 6.78. The van der Waals surface area contributed by atoms with E-state index in [1.54, 1.807) is 0 Å². The smallest absolute Gasteiger partial charge is 0.0198 e. The van der Waals surface area contributed by atoms with Gasteiger partial charge in [0.1, 0.15) is 0 Å². The molecule has 1 N–H and O–H groups in total. The van der Waals surface area contributed by atoms with E-state index in [4.69, 9.17) is 0 Å². The molecular weight excluding hydrogens is 184 g/mol. The molecule has 1 aliphatic heterocycles. The Morgan fingerprint density at radius 2 is 1.93 bits per heavy atom. The Morgan fingerprint density at radius 1 is 1.13 bits per heavy atom. The molecule has 15 heavy (non-hydrogen) atoms. The highest BCUT2D eigenvalue weighted by Gasteiger charge is 2.35. The third-order valence-corrected chi connectivity index (χ3v) is 4.14. The quantitative estimate of drug-likeness (QED) is 0.758. The molecule has 2 nitrogen and oxygen atoms in total. The van der Waals surface area contributed by atoms with Crippen molar-refractivity contribution in [2.24, 2.45) is 11.8 Å². The zero-order chi connectivity index (χ0) is 10.3. The van der Waals surface area contributed by atoms with Gasteiger partial charge in [-0.3, -0.25) is 4.90 Å². The second kappa shape index (κ2) is 4.06. The van der Waals surface area contributed by atoms with Gasteiger partial charge in [-0.05, 0) is 50.5 Å². The number of rotatable bonds is 4. The van der Waals surface area contributed by atoms with E-state index in [0.717, 1.165) is 23.9 Å². The maximum absolute atomic E-state index is 3.78. The van der Waals surface area contributed by atoms with Gasteiger partial charge in [0, 0.05) is 25.2 Å². The van der Waals surface area contributed by atoms with Crippen molar-refractivity contribution in [1.29, 1.82) is 0 Å². The fourth-order valence-corrected chi connectivity index (χ4v) is 2.93. The van der Waals surface area contributed by atoms with E-state index in [0.29, 0.717) is 0 Å². The fourth-order valence-electron chi connectivity index (χ4n) is 2.93. The van der Waals surface area contributed by atoms with Crippen molar-refractivity contribution in [3.05, 3.63) is 0 Å². The minimum absolute atomic E-state index is 0.787. The van der Waals surface area contributed by atoms with Gasteiger partial charge in [0.05, 0.1) is 0 Å². The van der Waals surface area contributed by atoms with Gasteiger partial charge in [-0.1, -0.05) is 6.92 Å². The number of hydrogen-bond acceptors (Lipinski definition) is 2. The number of likely N-dealkylation sites (tertiary alicyclic amines) is 1. The lowest BCUT2D eigenvalue weighted by atomic mass is 9.95. The highest BCUT2D eigenvalue weighted by Crippen LogP contribution is 2.32. The molecule has 1 saturated heterocycles. The molecule has 1 heterocycles. The van der Waals surface area contributed by atoms with Crippen LogP contribution in [0.2, 0.25) is 0 Å². The van der Waals surface area contributed by atoms with Gasteiger partial charge >= 0.3 is 0 Å². The summed E-state index contributed by atoms with van der Waals surface area (Å²) in [5.41, 5.74) is 0.